The van der Waals surface area contributed by atoms with Crippen molar-refractivity contribution in [1.29, 1.82) is 0 Å². The van der Waals surface area contributed by atoms with Gasteiger partial charge >= 0.3 is 5.63 Å². The number of hydrogen-bond acceptors (Lipinski definition) is 5. The molecule has 2 aromatic rings. The first-order chi connectivity index (χ1) is 11.8. The van der Waals surface area contributed by atoms with Gasteiger partial charge in [-0.05, 0) is 25.3 Å². The second-order valence-electron chi connectivity index (χ2n) is 6.08. The number of hydrogen-bond donors (Lipinski definition) is 0. The van der Waals surface area contributed by atoms with Crippen molar-refractivity contribution in [3.63, 3.8) is 0 Å². The maximum atomic E-state index is 13.1. The molecule has 0 radical (unpaired) electrons. The molecule has 0 aliphatic rings. The number of benzene rings is 1. The SMILES string of the molecule is CCCc1cc(=O)oc2cc(OC)c(C(=O)C(C)(Br)CC)c(OC)c12. The van der Waals surface area contributed by atoms with Gasteiger partial charge in [0.15, 0.2) is 5.78 Å². The van der Waals surface area contributed by atoms with Crippen molar-refractivity contribution < 1.29 is 18.7 Å². The van der Waals surface area contributed by atoms with E-state index in [1.54, 1.807) is 6.07 Å². The Morgan fingerprint density at radius 2 is 1.92 bits per heavy atom. The predicted octanol–water partition coefficient (Wildman–Crippen LogP) is 4.51. The lowest BCUT2D eigenvalue weighted by molar-refractivity contribution is 0.0946. The highest BCUT2D eigenvalue weighted by molar-refractivity contribution is 9.10. The van der Waals surface area contributed by atoms with Crippen LogP contribution in [0.5, 0.6) is 11.5 Å². The Bertz CT molecular complexity index is 851. The third-order valence-electron chi connectivity index (χ3n) is 4.34. The molecule has 6 heteroatoms. The van der Waals surface area contributed by atoms with E-state index in [0.29, 0.717) is 40.9 Å². The van der Waals surface area contributed by atoms with Crippen molar-refractivity contribution >= 4 is 32.7 Å². The van der Waals surface area contributed by atoms with Crippen LogP contribution in [0.25, 0.3) is 11.0 Å². The van der Waals surface area contributed by atoms with Crippen LogP contribution in [0.3, 0.4) is 0 Å². The Labute approximate surface area is 155 Å². The standard InChI is InChI=1S/C19H23BrO5/c1-6-8-11-9-14(21)25-13-10-12(23-4)16(17(24-5)15(11)13)18(22)19(3,20)7-2/h9-10H,6-8H2,1-5H3. The minimum absolute atomic E-state index is 0.140. The van der Waals surface area contributed by atoms with Crippen molar-refractivity contribution in [1.82, 2.24) is 0 Å². The van der Waals surface area contributed by atoms with Gasteiger partial charge in [0.25, 0.3) is 0 Å². The average Bonchev–Trinajstić information content (AvgIpc) is 2.59. The topological polar surface area (TPSA) is 65.7 Å². The van der Waals surface area contributed by atoms with Crippen molar-refractivity contribution in [3.05, 3.63) is 33.7 Å². The first-order valence-corrected chi connectivity index (χ1v) is 9.05. The number of methoxy groups -OCH3 is 2. The highest BCUT2D eigenvalue weighted by Gasteiger charge is 2.35. The highest BCUT2D eigenvalue weighted by atomic mass is 79.9. The number of rotatable bonds is 7. The van der Waals surface area contributed by atoms with E-state index in [0.717, 1.165) is 12.0 Å². The molecule has 0 N–H and O–H groups in total. The molecule has 5 nitrogen and oxygen atoms in total. The third-order valence-corrected chi connectivity index (χ3v) is 5.26. The summed E-state index contributed by atoms with van der Waals surface area (Å²) < 4.78 is 15.6. The number of Topliss-reactive ketones (excluding diaryl/α,β-unsaturated/α-hetero) is 1. The number of carbonyl (C=O) groups excluding carboxylic acids is 1. The Hall–Kier alpha value is -1.82. The van der Waals surface area contributed by atoms with E-state index in [4.69, 9.17) is 13.9 Å². The van der Waals surface area contributed by atoms with Crippen LogP contribution in [-0.2, 0) is 6.42 Å². The zero-order valence-electron chi connectivity index (χ0n) is 15.2. The zero-order chi connectivity index (χ0) is 18.8. The van der Waals surface area contributed by atoms with Crippen molar-refractivity contribution in [2.24, 2.45) is 0 Å². The molecule has 25 heavy (non-hydrogen) atoms. The molecule has 0 aliphatic heterocycles. The first kappa shape index (κ1) is 19.5. The van der Waals surface area contributed by atoms with E-state index in [1.807, 2.05) is 20.8 Å². The molecule has 136 valence electrons. The zero-order valence-corrected chi connectivity index (χ0v) is 16.8. The average molecular weight is 411 g/mol. The summed E-state index contributed by atoms with van der Waals surface area (Å²) in [6.07, 6.45) is 2.13. The molecule has 1 unspecified atom stereocenters. The molecule has 0 bridgehead atoms. The van der Waals surface area contributed by atoms with Gasteiger partial charge in [-0.25, -0.2) is 4.79 Å². The molecule has 0 aliphatic carbocycles. The number of ether oxygens (including phenoxy) is 2. The Kier molecular flexibility index (Phi) is 5.93. The van der Waals surface area contributed by atoms with E-state index in [9.17, 15) is 9.59 Å². The van der Waals surface area contributed by atoms with Crippen LogP contribution in [0.4, 0.5) is 0 Å². The van der Waals surface area contributed by atoms with Gasteiger partial charge in [-0.1, -0.05) is 36.2 Å². The molecular weight excluding hydrogens is 388 g/mol. The second-order valence-corrected chi connectivity index (χ2v) is 7.83. The summed E-state index contributed by atoms with van der Waals surface area (Å²) in [5, 5.41) is 0.646. The van der Waals surface area contributed by atoms with Crippen molar-refractivity contribution in [3.8, 4) is 11.5 Å². The number of carbonyl (C=O) groups is 1. The van der Waals surface area contributed by atoms with Gasteiger partial charge in [0.2, 0.25) is 0 Å². The summed E-state index contributed by atoms with van der Waals surface area (Å²) in [5.74, 6) is 0.565. The lowest BCUT2D eigenvalue weighted by Crippen LogP contribution is -2.28. The molecule has 0 spiro atoms. The van der Waals surface area contributed by atoms with E-state index in [2.05, 4.69) is 15.9 Å². The number of ketones is 1. The van der Waals surface area contributed by atoms with E-state index in [1.165, 1.54) is 20.3 Å². The largest absolute Gasteiger partial charge is 0.496 e. The number of aryl methyl sites for hydroxylation is 1. The van der Waals surface area contributed by atoms with Gasteiger partial charge in [-0.15, -0.1) is 0 Å². The first-order valence-electron chi connectivity index (χ1n) is 8.26. The molecular formula is C19H23BrO5. The van der Waals surface area contributed by atoms with Gasteiger partial charge < -0.3 is 13.9 Å². The summed E-state index contributed by atoms with van der Waals surface area (Å²) in [6.45, 7) is 5.76. The van der Waals surface area contributed by atoms with Crippen molar-refractivity contribution in [2.75, 3.05) is 14.2 Å². The smallest absolute Gasteiger partial charge is 0.336 e. The summed E-state index contributed by atoms with van der Waals surface area (Å²) in [6, 6.07) is 3.05. The molecule has 1 heterocycles. The van der Waals surface area contributed by atoms with Crippen LogP contribution < -0.4 is 15.1 Å². The second kappa shape index (κ2) is 7.60. The molecule has 1 aromatic heterocycles. The van der Waals surface area contributed by atoms with Crippen LogP contribution in [0, 0.1) is 0 Å². The van der Waals surface area contributed by atoms with Gasteiger partial charge in [-0.3, -0.25) is 4.79 Å². The van der Waals surface area contributed by atoms with Crippen LogP contribution in [-0.4, -0.2) is 24.3 Å². The van der Waals surface area contributed by atoms with Gasteiger partial charge in [0, 0.05) is 12.1 Å². The van der Waals surface area contributed by atoms with Gasteiger partial charge in [0.1, 0.15) is 22.6 Å². The molecule has 1 atom stereocenters. The molecule has 0 saturated heterocycles. The van der Waals surface area contributed by atoms with Crippen molar-refractivity contribution in [2.45, 2.75) is 44.4 Å². The van der Waals surface area contributed by atoms with Gasteiger partial charge in [0.05, 0.1) is 23.9 Å². The molecule has 2 rings (SSSR count). The molecule has 1 aromatic carbocycles. The third kappa shape index (κ3) is 3.59. The van der Waals surface area contributed by atoms with E-state index in [-0.39, 0.29) is 5.78 Å². The molecule has 0 fully saturated rings. The number of fused-ring (bicyclic) bond motifs is 1. The maximum absolute atomic E-state index is 13.1. The van der Waals surface area contributed by atoms with E-state index >= 15 is 0 Å². The quantitative estimate of drug-likeness (QED) is 0.381. The number of alkyl halides is 1. The predicted molar refractivity (Wildman–Crippen MR) is 102 cm³/mol. The van der Waals surface area contributed by atoms with Crippen LogP contribution in [0.15, 0.2) is 21.3 Å². The lowest BCUT2D eigenvalue weighted by Gasteiger charge is -2.23. The molecule has 0 amide bonds. The Balaban J connectivity index is 2.94. The molecule has 0 saturated carbocycles. The number of halogens is 1. The van der Waals surface area contributed by atoms with E-state index < -0.39 is 9.95 Å². The normalized spacial score (nSPS) is 13.5. The van der Waals surface area contributed by atoms with Gasteiger partial charge in [-0.2, -0.15) is 0 Å². The summed E-state index contributed by atoms with van der Waals surface area (Å²) in [4.78, 5) is 25.0. The fourth-order valence-corrected chi connectivity index (χ4v) is 3.02. The summed E-state index contributed by atoms with van der Waals surface area (Å²) >= 11 is 3.50. The summed E-state index contributed by atoms with van der Waals surface area (Å²) in [7, 11) is 2.98. The fraction of sp³-hybridized carbons (Fsp3) is 0.474. The monoisotopic (exact) mass is 410 g/mol. The highest BCUT2D eigenvalue weighted by Crippen LogP contribution is 2.42. The maximum Gasteiger partial charge on any atom is 0.336 e. The van der Waals surface area contributed by atoms with Crippen LogP contribution in [0.2, 0.25) is 0 Å². The van der Waals surface area contributed by atoms with Crippen LogP contribution in [0.1, 0.15) is 49.5 Å². The summed E-state index contributed by atoms with van der Waals surface area (Å²) in [5.41, 5.74) is 1.08. The lowest BCUT2D eigenvalue weighted by atomic mass is 9.92. The Morgan fingerprint density at radius 1 is 1.24 bits per heavy atom. The van der Waals surface area contributed by atoms with Crippen LogP contribution >= 0.6 is 15.9 Å². The minimum atomic E-state index is -0.748. The Morgan fingerprint density at radius 3 is 2.44 bits per heavy atom. The fourth-order valence-electron chi connectivity index (χ4n) is 2.82. The minimum Gasteiger partial charge on any atom is -0.496 e.